The molecule has 1 aromatic carbocycles. The molecule has 0 amide bonds. The fourth-order valence-corrected chi connectivity index (χ4v) is 7.61. The Labute approximate surface area is 163 Å². The van der Waals surface area contributed by atoms with Gasteiger partial charge in [-0.15, -0.1) is 0 Å². The number of nitrogens with zero attached hydrogens (tertiary/aromatic N) is 2. The Bertz CT molecular complexity index is 836. The van der Waals surface area contributed by atoms with Crippen molar-refractivity contribution in [2.75, 3.05) is 13.1 Å². The fourth-order valence-electron chi connectivity index (χ4n) is 4.21. The van der Waals surface area contributed by atoms with E-state index in [1.807, 2.05) is 13.8 Å². The topological polar surface area (TPSA) is 74.8 Å². The van der Waals surface area contributed by atoms with E-state index in [9.17, 15) is 16.8 Å². The lowest BCUT2D eigenvalue weighted by Crippen LogP contribution is -2.43. The standard InChI is InChI=1S/C19H30N2O4S2/c1-16(2)21(17-8-4-5-9-17)27(24,25)19-12-10-18(11-13-19)26(22,23)20-14-6-3-7-15-20/h10-13,16-17H,3-9,14-15H2,1-2H3. The predicted molar refractivity (Wildman–Crippen MR) is 105 cm³/mol. The van der Waals surface area contributed by atoms with Crippen LogP contribution in [0, 0.1) is 0 Å². The van der Waals surface area contributed by atoms with Gasteiger partial charge < -0.3 is 0 Å². The molecule has 1 aliphatic heterocycles. The minimum absolute atomic E-state index is 0.0340. The van der Waals surface area contributed by atoms with Gasteiger partial charge in [0.25, 0.3) is 0 Å². The van der Waals surface area contributed by atoms with Crippen molar-refractivity contribution < 1.29 is 16.8 Å². The van der Waals surface area contributed by atoms with Crippen LogP contribution in [0.4, 0.5) is 0 Å². The maximum absolute atomic E-state index is 13.2. The van der Waals surface area contributed by atoms with Crippen LogP contribution >= 0.6 is 0 Å². The molecule has 0 N–H and O–H groups in total. The predicted octanol–water partition coefficient (Wildman–Crippen LogP) is 3.20. The van der Waals surface area contributed by atoms with Gasteiger partial charge in [-0.05, 0) is 63.8 Å². The Morgan fingerprint density at radius 1 is 0.852 bits per heavy atom. The molecule has 0 atom stereocenters. The highest BCUT2D eigenvalue weighted by atomic mass is 32.2. The Hall–Kier alpha value is -0.960. The Balaban J connectivity index is 1.87. The normalized spacial score (nSPS) is 20.6. The Morgan fingerprint density at radius 2 is 1.37 bits per heavy atom. The van der Waals surface area contributed by atoms with E-state index >= 15 is 0 Å². The van der Waals surface area contributed by atoms with Crippen molar-refractivity contribution in [1.29, 1.82) is 0 Å². The lowest BCUT2D eigenvalue weighted by atomic mass is 10.2. The summed E-state index contributed by atoms with van der Waals surface area (Å²) in [4.78, 5) is 0.334. The van der Waals surface area contributed by atoms with Crippen LogP contribution in [0.25, 0.3) is 0 Å². The van der Waals surface area contributed by atoms with Gasteiger partial charge in [0.1, 0.15) is 0 Å². The van der Waals surface area contributed by atoms with E-state index in [2.05, 4.69) is 0 Å². The maximum Gasteiger partial charge on any atom is 0.243 e. The van der Waals surface area contributed by atoms with Crippen molar-refractivity contribution in [2.24, 2.45) is 0 Å². The summed E-state index contributed by atoms with van der Waals surface area (Å²) in [5.41, 5.74) is 0. The summed E-state index contributed by atoms with van der Waals surface area (Å²) in [5, 5.41) is 0. The molecule has 1 aliphatic carbocycles. The summed E-state index contributed by atoms with van der Waals surface area (Å²) in [6.07, 6.45) is 6.67. The van der Waals surface area contributed by atoms with Gasteiger partial charge >= 0.3 is 0 Å². The summed E-state index contributed by atoms with van der Waals surface area (Å²) in [7, 11) is -7.20. The van der Waals surface area contributed by atoms with Crippen molar-refractivity contribution in [3.05, 3.63) is 24.3 Å². The second kappa shape index (κ2) is 8.19. The zero-order chi connectivity index (χ0) is 19.7. The molecule has 1 aromatic rings. The second-order valence-electron chi connectivity index (χ2n) is 7.80. The van der Waals surface area contributed by atoms with E-state index in [1.165, 1.54) is 28.6 Å². The molecule has 0 aromatic heterocycles. The molecule has 0 bridgehead atoms. The molecule has 0 spiro atoms. The number of hydrogen-bond donors (Lipinski definition) is 0. The maximum atomic E-state index is 13.2. The first-order valence-corrected chi connectivity index (χ1v) is 12.8. The zero-order valence-corrected chi connectivity index (χ0v) is 17.8. The van der Waals surface area contributed by atoms with Crippen LogP contribution in [0.1, 0.15) is 58.8 Å². The lowest BCUT2D eigenvalue weighted by molar-refractivity contribution is 0.275. The summed E-state index contributed by atoms with van der Waals surface area (Å²) in [6, 6.07) is 5.66. The molecule has 0 unspecified atom stereocenters. The first kappa shape index (κ1) is 20.8. The largest absolute Gasteiger partial charge is 0.243 e. The smallest absolute Gasteiger partial charge is 0.207 e. The highest BCUT2D eigenvalue weighted by Gasteiger charge is 2.35. The van der Waals surface area contributed by atoms with Crippen molar-refractivity contribution in [3.8, 4) is 0 Å². The number of rotatable bonds is 6. The summed E-state index contributed by atoms with van der Waals surface area (Å²) >= 11 is 0. The van der Waals surface area contributed by atoms with Crippen LogP contribution in [0.3, 0.4) is 0 Å². The molecule has 1 saturated heterocycles. The van der Waals surface area contributed by atoms with E-state index in [-0.39, 0.29) is 21.9 Å². The van der Waals surface area contributed by atoms with Crippen molar-refractivity contribution in [2.45, 2.75) is 80.7 Å². The third-order valence-corrected chi connectivity index (χ3v) is 9.60. The molecule has 3 rings (SSSR count). The van der Waals surface area contributed by atoms with E-state index in [1.54, 1.807) is 4.31 Å². The summed E-state index contributed by atoms with van der Waals surface area (Å²) in [6.45, 7) is 4.85. The van der Waals surface area contributed by atoms with E-state index in [4.69, 9.17) is 0 Å². The van der Waals surface area contributed by atoms with Gasteiger partial charge in [-0.1, -0.05) is 19.3 Å². The van der Waals surface area contributed by atoms with Crippen molar-refractivity contribution in [1.82, 2.24) is 8.61 Å². The van der Waals surface area contributed by atoms with Crippen molar-refractivity contribution >= 4 is 20.0 Å². The first-order valence-electron chi connectivity index (χ1n) is 9.88. The molecule has 1 saturated carbocycles. The number of piperidine rings is 1. The molecule has 27 heavy (non-hydrogen) atoms. The minimum atomic E-state index is -3.65. The Kier molecular flexibility index (Phi) is 6.30. The molecule has 2 aliphatic rings. The quantitative estimate of drug-likeness (QED) is 0.716. The molecule has 0 radical (unpaired) electrons. The minimum Gasteiger partial charge on any atom is -0.207 e. The summed E-state index contributed by atoms with van der Waals surface area (Å²) in [5.74, 6) is 0. The van der Waals surface area contributed by atoms with Crippen LogP contribution in [0.5, 0.6) is 0 Å². The van der Waals surface area contributed by atoms with E-state index in [0.29, 0.717) is 13.1 Å². The number of benzene rings is 1. The number of sulfonamides is 2. The molecular weight excluding hydrogens is 384 g/mol. The van der Waals surface area contributed by atoms with Crippen LogP contribution in [0.2, 0.25) is 0 Å². The van der Waals surface area contributed by atoms with Gasteiger partial charge in [-0.25, -0.2) is 16.8 Å². The van der Waals surface area contributed by atoms with Gasteiger partial charge in [0.15, 0.2) is 0 Å². The molecule has 1 heterocycles. The Morgan fingerprint density at radius 3 is 1.89 bits per heavy atom. The average molecular weight is 415 g/mol. The number of hydrogen-bond acceptors (Lipinski definition) is 4. The van der Waals surface area contributed by atoms with E-state index < -0.39 is 20.0 Å². The van der Waals surface area contributed by atoms with Gasteiger partial charge in [-0.3, -0.25) is 0 Å². The van der Waals surface area contributed by atoms with Crippen LogP contribution in [-0.2, 0) is 20.0 Å². The van der Waals surface area contributed by atoms with Gasteiger partial charge in [0.2, 0.25) is 20.0 Å². The highest BCUT2D eigenvalue weighted by molar-refractivity contribution is 7.89. The molecular formula is C19H30N2O4S2. The van der Waals surface area contributed by atoms with Crippen molar-refractivity contribution in [3.63, 3.8) is 0 Å². The second-order valence-corrected chi connectivity index (χ2v) is 11.6. The monoisotopic (exact) mass is 414 g/mol. The van der Waals surface area contributed by atoms with Crippen LogP contribution < -0.4 is 0 Å². The highest BCUT2D eigenvalue weighted by Crippen LogP contribution is 2.31. The van der Waals surface area contributed by atoms with Gasteiger partial charge in [0.05, 0.1) is 9.79 Å². The molecule has 6 nitrogen and oxygen atoms in total. The third-order valence-electron chi connectivity index (χ3n) is 5.55. The first-order chi connectivity index (χ1) is 12.7. The van der Waals surface area contributed by atoms with Crippen LogP contribution in [0.15, 0.2) is 34.1 Å². The lowest BCUT2D eigenvalue weighted by Gasteiger charge is -2.31. The molecule has 8 heteroatoms. The van der Waals surface area contributed by atoms with Gasteiger partial charge in [-0.2, -0.15) is 8.61 Å². The van der Waals surface area contributed by atoms with E-state index in [0.717, 1.165) is 44.9 Å². The van der Waals surface area contributed by atoms with Crippen LogP contribution in [-0.4, -0.2) is 50.6 Å². The van der Waals surface area contributed by atoms with Gasteiger partial charge in [0, 0.05) is 25.2 Å². The zero-order valence-electron chi connectivity index (χ0n) is 16.2. The summed E-state index contributed by atoms with van der Waals surface area (Å²) < 4.78 is 55.0. The SMILES string of the molecule is CC(C)N(C1CCCC1)S(=O)(=O)c1ccc(S(=O)(=O)N2CCCCC2)cc1. The fraction of sp³-hybridized carbons (Fsp3) is 0.684. The third kappa shape index (κ3) is 4.23. The average Bonchev–Trinajstić information content (AvgIpc) is 3.16. The molecule has 152 valence electrons. The molecule has 2 fully saturated rings.